The number of methoxy groups -OCH3 is 1. The maximum atomic E-state index is 12.4. The van der Waals surface area contributed by atoms with Gasteiger partial charge in [0.25, 0.3) is 0 Å². The third-order valence-corrected chi connectivity index (χ3v) is 5.41. The Morgan fingerprint density at radius 3 is 2.82 bits per heavy atom. The second kappa shape index (κ2) is 6.29. The molecule has 120 valence electrons. The third kappa shape index (κ3) is 2.84. The van der Waals surface area contributed by atoms with Crippen LogP contribution < -0.4 is 15.8 Å². The van der Waals surface area contributed by atoms with Gasteiger partial charge in [0.1, 0.15) is 5.75 Å². The Morgan fingerprint density at radius 2 is 2.14 bits per heavy atom. The molecule has 4 atom stereocenters. The molecule has 22 heavy (non-hydrogen) atoms. The molecule has 0 radical (unpaired) electrons. The minimum Gasteiger partial charge on any atom is -0.496 e. The lowest BCUT2D eigenvalue weighted by Gasteiger charge is -2.27. The van der Waals surface area contributed by atoms with E-state index in [1.807, 2.05) is 12.1 Å². The first-order valence-electron chi connectivity index (χ1n) is 8.27. The molecule has 1 aromatic rings. The van der Waals surface area contributed by atoms with Gasteiger partial charge in [0.2, 0.25) is 5.91 Å². The van der Waals surface area contributed by atoms with Gasteiger partial charge in [-0.3, -0.25) is 4.79 Å². The van der Waals surface area contributed by atoms with E-state index in [0.717, 1.165) is 24.2 Å². The van der Waals surface area contributed by atoms with Crippen LogP contribution in [0.15, 0.2) is 18.2 Å². The van der Waals surface area contributed by atoms with Gasteiger partial charge in [-0.05, 0) is 56.1 Å². The van der Waals surface area contributed by atoms with Gasteiger partial charge in [-0.2, -0.15) is 0 Å². The molecule has 3 rings (SSSR count). The van der Waals surface area contributed by atoms with Crippen molar-refractivity contribution in [1.82, 2.24) is 5.32 Å². The number of nitrogens with two attached hydrogens (primary N) is 1. The molecule has 4 nitrogen and oxygen atoms in total. The maximum absolute atomic E-state index is 12.4. The molecule has 2 saturated carbocycles. The molecule has 1 amide bonds. The SMILES string of the molecule is COc1ccc(C)cc1CCNC(=O)C1C2CCC(C2)C1N. The van der Waals surface area contributed by atoms with Crippen LogP contribution in [0.2, 0.25) is 0 Å². The maximum Gasteiger partial charge on any atom is 0.224 e. The first kappa shape index (κ1) is 15.3. The quantitative estimate of drug-likeness (QED) is 0.875. The molecule has 2 bridgehead atoms. The number of nitrogens with one attached hydrogen (secondary N) is 1. The second-order valence-corrected chi connectivity index (χ2v) is 6.79. The molecule has 2 fully saturated rings. The van der Waals surface area contributed by atoms with E-state index in [4.69, 9.17) is 10.5 Å². The number of benzene rings is 1. The molecule has 1 aromatic carbocycles. The van der Waals surface area contributed by atoms with E-state index in [-0.39, 0.29) is 17.9 Å². The zero-order valence-electron chi connectivity index (χ0n) is 13.5. The van der Waals surface area contributed by atoms with E-state index in [1.165, 1.54) is 18.4 Å². The number of amides is 1. The molecule has 0 heterocycles. The van der Waals surface area contributed by atoms with Crippen molar-refractivity contribution in [3.05, 3.63) is 29.3 Å². The highest BCUT2D eigenvalue weighted by Gasteiger charge is 2.48. The van der Waals surface area contributed by atoms with Gasteiger partial charge in [0.05, 0.1) is 13.0 Å². The Labute approximate surface area is 132 Å². The van der Waals surface area contributed by atoms with Gasteiger partial charge >= 0.3 is 0 Å². The predicted octanol–water partition coefficient (Wildman–Crippen LogP) is 2.04. The minimum atomic E-state index is 0.0261. The van der Waals surface area contributed by atoms with E-state index in [0.29, 0.717) is 18.4 Å². The van der Waals surface area contributed by atoms with Gasteiger partial charge in [0, 0.05) is 12.6 Å². The highest BCUT2D eigenvalue weighted by atomic mass is 16.5. The van der Waals surface area contributed by atoms with Crippen molar-refractivity contribution in [1.29, 1.82) is 0 Å². The number of fused-ring (bicyclic) bond motifs is 2. The van der Waals surface area contributed by atoms with Crippen LogP contribution in [0.1, 0.15) is 30.4 Å². The highest BCUT2D eigenvalue weighted by Crippen LogP contribution is 2.47. The second-order valence-electron chi connectivity index (χ2n) is 6.79. The summed E-state index contributed by atoms with van der Waals surface area (Å²) >= 11 is 0. The minimum absolute atomic E-state index is 0.0261. The molecule has 0 saturated heterocycles. The number of hydrogen-bond donors (Lipinski definition) is 2. The van der Waals surface area contributed by atoms with Crippen molar-refractivity contribution < 1.29 is 9.53 Å². The monoisotopic (exact) mass is 302 g/mol. The van der Waals surface area contributed by atoms with Gasteiger partial charge in [0.15, 0.2) is 0 Å². The largest absolute Gasteiger partial charge is 0.496 e. The van der Waals surface area contributed by atoms with Crippen molar-refractivity contribution >= 4 is 5.91 Å². The average Bonchev–Trinajstić information content (AvgIpc) is 3.08. The summed E-state index contributed by atoms with van der Waals surface area (Å²) in [4.78, 5) is 12.4. The fourth-order valence-corrected chi connectivity index (χ4v) is 4.27. The molecular formula is C18H26N2O2. The summed E-state index contributed by atoms with van der Waals surface area (Å²) in [6, 6.07) is 6.20. The van der Waals surface area contributed by atoms with Crippen LogP contribution in [0.5, 0.6) is 5.75 Å². The molecule has 2 aliphatic rings. The summed E-state index contributed by atoms with van der Waals surface area (Å²) in [6.07, 6.45) is 4.30. The van der Waals surface area contributed by atoms with Gasteiger partial charge in [-0.15, -0.1) is 0 Å². The Bertz CT molecular complexity index is 556. The molecule has 0 aliphatic heterocycles. The normalized spacial score (nSPS) is 29.6. The Kier molecular flexibility index (Phi) is 4.39. The Hall–Kier alpha value is -1.55. The standard InChI is InChI=1S/C18H26N2O2/c1-11-3-6-15(22-2)12(9-11)7-8-20-18(21)16-13-4-5-14(10-13)17(16)19/h3,6,9,13-14,16-17H,4-5,7-8,10,19H2,1-2H3,(H,20,21). The van der Waals surface area contributed by atoms with Gasteiger partial charge in [-0.1, -0.05) is 17.7 Å². The van der Waals surface area contributed by atoms with Crippen molar-refractivity contribution in [3.63, 3.8) is 0 Å². The summed E-state index contributed by atoms with van der Waals surface area (Å²) < 4.78 is 5.38. The summed E-state index contributed by atoms with van der Waals surface area (Å²) in [5.41, 5.74) is 8.58. The molecule has 4 heteroatoms. The lowest BCUT2D eigenvalue weighted by molar-refractivity contribution is -0.127. The zero-order chi connectivity index (χ0) is 15.7. The molecule has 2 aliphatic carbocycles. The molecule has 0 aromatic heterocycles. The van der Waals surface area contributed by atoms with Crippen LogP contribution in [0, 0.1) is 24.7 Å². The predicted molar refractivity (Wildman–Crippen MR) is 86.7 cm³/mol. The summed E-state index contributed by atoms with van der Waals surface area (Å²) in [5.74, 6) is 2.13. The number of rotatable bonds is 5. The lowest BCUT2D eigenvalue weighted by Crippen LogP contribution is -2.45. The van der Waals surface area contributed by atoms with Crippen molar-refractivity contribution in [2.45, 2.75) is 38.6 Å². The zero-order valence-corrected chi connectivity index (χ0v) is 13.5. The third-order valence-electron chi connectivity index (χ3n) is 5.41. The number of hydrogen-bond acceptors (Lipinski definition) is 3. The number of carbonyl (C=O) groups excluding carboxylic acids is 1. The topological polar surface area (TPSA) is 64.3 Å². The molecular weight excluding hydrogens is 276 g/mol. The van der Waals surface area contributed by atoms with Crippen LogP contribution in [-0.2, 0) is 11.2 Å². The first-order chi connectivity index (χ1) is 10.6. The molecule has 4 unspecified atom stereocenters. The summed E-state index contributed by atoms with van der Waals surface area (Å²) in [7, 11) is 1.68. The van der Waals surface area contributed by atoms with Crippen molar-refractivity contribution in [2.75, 3.05) is 13.7 Å². The van der Waals surface area contributed by atoms with Crippen LogP contribution in [0.4, 0.5) is 0 Å². The fourth-order valence-electron chi connectivity index (χ4n) is 4.27. The lowest BCUT2D eigenvalue weighted by atomic mass is 9.84. The molecule has 3 N–H and O–H groups in total. The van der Waals surface area contributed by atoms with E-state index < -0.39 is 0 Å². The Balaban J connectivity index is 1.55. The molecule has 0 spiro atoms. The smallest absolute Gasteiger partial charge is 0.224 e. The number of ether oxygens (including phenoxy) is 1. The van der Waals surface area contributed by atoms with Crippen LogP contribution >= 0.6 is 0 Å². The number of carbonyl (C=O) groups is 1. The van der Waals surface area contributed by atoms with Crippen LogP contribution in [0.3, 0.4) is 0 Å². The van der Waals surface area contributed by atoms with Gasteiger partial charge in [-0.25, -0.2) is 0 Å². The summed E-state index contributed by atoms with van der Waals surface area (Å²) in [5, 5.41) is 3.08. The average molecular weight is 302 g/mol. The van der Waals surface area contributed by atoms with E-state index in [2.05, 4.69) is 18.3 Å². The van der Waals surface area contributed by atoms with Crippen molar-refractivity contribution in [3.8, 4) is 5.75 Å². The van der Waals surface area contributed by atoms with Crippen molar-refractivity contribution in [2.24, 2.45) is 23.5 Å². The van der Waals surface area contributed by atoms with Crippen LogP contribution in [-0.4, -0.2) is 25.6 Å². The highest BCUT2D eigenvalue weighted by molar-refractivity contribution is 5.80. The summed E-state index contributed by atoms with van der Waals surface area (Å²) in [6.45, 7) is 2.70. The fraction of sp³-hybridized carbons (Fsp3) is 0.611. The number of aryl methyl sites for hydroxylation is 1. The van der Waals surface area contributed by atoms with Crippen LogP contribution in [0.25, 0.3) is 0 Å². The first-order valence-corrected chi connectivity index (χ1v) is 8.27. The van der Waals surface area contributed by atoms with E-state index >= 15 is 0 Å². The van der Waals surface area contributed by atoms with E-state index in [1.54, 1.807) is 7.11 Å². The van der Waals surface area contributed by atoms with E-state index in [9.17, 15) is 4.79 Å². The van der Waals surface area contributed by atoms with Gasteiger partial charge < -0.3 is 15.8 Å². The Morgan fingerprint density at radius 1 is 1.36 bits per heavy atom.